The van der Waals surface area contributed by atoms with Gasteiger partial charge in [-0.3, -0.25) is 4.79 Å². The van der Waals surface area contributed by atoms with Crippen molar-refractivity contribution in [3.05, 3.63) is 64.4 Å². The van der Waals surface area contributed by atoms with Crippen LogP contribution in [0.3, 0.4) is 0 Å². The molecule has 0 spiro atoms. The van der Waals surface area contributed by atoms with E-state index < -0.39 is 10.0 Å². The predicted molar refractivity (Wildman–Crippen MR) is 113 cm³/mol. The number of rotatable bonds is 4. The summed E-state index contributed by atoms with van der Waals surface area (Å²) >= 11 is 0. The third-order valence-corrected chi connectivity index (χ3v) is 6.92. The van der Waals surface area contributed by atoms with Gasteiger partial charge in [-0.1, -0.05) is 24.3 Å². The van der Waals surface area contributed by atoms with E-state index in [0.29, 0.717) is 19.5 Å². The molecule has 152 valence electrons. The summed E-state index contributed by atoms with van der Waals surface area (Å²) in [5.74, 6) is -0.120. The van der Waals surface area contributed by atoms with Gasteiger partial charge >= 0.3 is 0 Å². The predicted octanol–water partition coefficient (Wildman–Crippen LogP) is 3.55. The van der Waals surface area contributed by atoms with Crippen molar-refractivity contribution >= 4 is 32.6 Å². The first-order valence-electron chi connectivity index (χ1n) is 9.56. The molecule has 7 heteroatoms. The fraction of sp³-hybridized carbons (Fsp3) is 0.318. The second-order valence-corrected chi connectivity index (χ2v) is 9.64. The van der Waals surface area contributed by atoms with Crippen LogP contribution >= 0.6 is 0 Å². The highest BCUT2D eigenvalue weighted by Gasteiger charge is 2.25. The summed E-state index contributed by atoms with van der Waals surface area (Å²) in [5.41, 5.74) is 6.60. The average molecular weight is 413 g/mol. The summed E-state index contributed by atoms with van der Waals surface area (Å²) in [6.45, 7) is 4.81. The van der Waals surface area contributed by atoms with Gasteiger partial charge in [0.2, 0.25) is 15.9 Å². The Morgan fingerprint density at radius 1 is 1.21 bits per heavy atom. The molecule has 1 N–H and O–H groups in total. The molecular formula is C22H24N2O4S. The summed E-state index contributed by atoms with van der Waals surface area (Å²) < 4.78 is 30.8. The number of aryl methyl sites for hydroxylation is 2. The van der Waals surface area contributed by atoms with Crippen LogP contribution in [-0.4, -0.2) is 31.4 Å². The van der Waals surface area contributed by atoms with Gasteiger partial charge in [0, 0.05) is 29.7 Å². The molecule has 1 aliphatic rings. The number of nitrogens with zero attached hydrogens (tertiary/aromatic N) is 1. The van der Waals surface area contributed by atoms with Gasteiger partial charge in [0.15, 0.2) is 0 Å². The van der Waals surface area contributed by atoms with Gasteiger partial charge in [-0.15, -0.1) is 0 Å². The van der Waals surface area contributed by atoms with Gasteiger partial charge in [0.1, 0.15) is 5.58 Å². The number of fused-ring (bicyclic) bond motifs is 2. The fourth-order valence-electron chi connectivity index (χ4n) is 3.88. The molecule has 0 aliphatic carbocycles. The second-order valence-electron chi connectivity index (χ2n) is 7.66. The van der Waals surface area contributed by atoms with Crippen molar-refractivity contribution in [1.29, 1.82) is 0 Å². The Balaban J connectivity index is 1.54. The van der Waals surface area contributed by atoms with E-state index in [9.17, 15) is 13.2 Å². The Labute approximate surface area is 170 Å². The molecule has 3 aromatic rings. The molecule has 6 nitrogen and oxygen atoms in total. The monoisotopic (exact) mass is 412 g/mol. The average Bonchev–Trinajstić information content (AvgIpc) is 3.07. The van der Waals surface area contributed by atoms with Crippen LogP contribution in [-0.2, 0) is 34.2 Å². The highest BCUT2D eigenvalue weighted by Crippen LogP contribution is 2.29. The first-order chi connectivity index (χ1) is 13.7. The van der Waals surface area contributed by atoms with Crippen LogP contribution in [0.25, 0.3) is 11.0 Å². The number of anilines is 1. The summed E-state index contributed by atoms with van der Waals surface area (Å²) in [6, 6.07) is 9.66. The Hall–Kier alpha value is -2.64. The largest absolute Gasteiger partial charge is 0.464 e. The molecule has 0 fully saturated rings. The van der Waals surface area contributed by atoms with Gasteiger partial charge in [0.05, 0.1) is 18.9 Å². The van der Waals surface area contributed by atoms with Crippen molar-refractivity contribution in [3.8, 4) is 0 Å². The van der Waals surface area contributed by atoms with Crippen LogP contribution in [0.4, 0.5) is 5.69 Å². The molecule has 0 radical (unpaired) electrons. The molecule has 4 rings (SSSR count). The zero-order valence-electron chi connectivity index (χ0n) is 16.8. The SMILES string of the molecule is Cc1ccc2c(CC(=O)Nc3cccc4c3CCN(S(C)(=O)=O)C4)coc2c1C. The van der Waals surface area contributed by atoms with Crippen LogP contribution < -0.4 is 5.32 Å². The molecule has 0 atom stereocenters. The molecule has 29 heavy (non-hydrogen) atoms. The van der Waals surface area contributed by atoms with Gasteiger partial charge in [-0.25, -0.2) is 8.42 Å². The molecule has 1 amide bonds. The van der Waals surface area contributed by atoms with Gasteiger partial charge in [-0.2, -0.15) is 4.31 Å². The number of amides is 1. The molecule has 1 aromatic heterocycles. The van der Waals surface area contributed by atoms with E-state index in [-0.39, 0.29) is 12.3 Å². The van der Waals surface area contributed by atoms with Crippen molar-refractivity contribution in [2.75, 3.05) is 18.1 Å². The van der Waals surface area contributed by atoms with E-state index in [4.69, 9.17) is 4.42 Å². The Morgan fingerprint density at radius 3 is 2.76 bits per heavy atom. The molecule has 2 aromatic carbocycles. The lowest BCUT2D eigenvalue weighted by Gasteiger charge is -2.28. The topological polar surface area (TPSA) is 79.6 Å². The maximum Gasteiger partial charge on any atom is 0.228 e. The van der Waals surface area contributed by atoms with E-state index >= 15 is 0 Å². The van der Waals surface area contributed by atoms with Crippen LogP contribution in [0, 0.1) is 13.8 Å². The van der Waals surface area contributed by atoms with Crippen molar-refractivity contribution in [3.63, 3.8) is 0 Å². The van der Waals surface area contributed by atoms with Crippen LogP contribution in [0.15, 0.2) is 41.0 Å². The van der Waals surface area contributed by atoms with Crippen molar-refractivity contribution < 1.29 is 17.6 Å². The lowest BCUT2D eigenvalue weighted by atomic mass is 9.98. The zero-order valence-corrected chi connectivity index (χ0v) is 17.6. The minimum atomic E-state index is -3.23. The number of hydrogen-bond donors (Lipinski definition) is 1. The molecule has 1 aliphatic heterocycles. The van der Waals surface area contributed by atoms with E-state index in [2.05, 4.69) is 5.32 Å². The third-order valence-electron chi connectivity index (χ3n) is 5.67. The van der Waals surface area contributed by atoms with Crippen LogP contribution in [0.5, 0.6) is 0 Å². The van der Waals surface area contributed by atoms with E-state index in [1.54, 1.807) is 6.26 Å². The smallest absolute Gasteiger partial charge is 0.228 e. The fourth-order valence-corrected chi connectivity index (χ4v) is 4.67. The Bertz CT molecular complexity index is 1210. The highest BCUT2D eigenvalue weighted by molar-refractivity contribution is 7.88. The lowest BCUT2D eigenvalue weighted by Crippen LogP contribution is -2.35. The van der Waals surface area contributed by atoms with E-state index in [1.165, 1.54) is 10.6 Å². The summed E-state index contributed by atoms with van der Waals surface area (Å²) in [5, 5.41) is 3.96. The summed E-state index contributed by atoms with van der Waals surface area (Å²) in [4.78, 5) is 12.7. The zero-order chi connectivity index (χ0) is 20.8. The number of carbonyl (C=O) groups is 1. The van der Waals surface area contributed by atoms with Crippen LogP contribution in [0.1, 0.15) is 27.8 Å². The van der Waals surface area contributed by atoms with Crippen LogP contribution in [0.2, 0.25) is 0 Å². The normalized spacial score (nSPS) is 14.7. The molecule has 0 bridgehead atoms. The number of sulfonamides is 1. The summed E-state index contributed by atoms with van der Waals surface area (Å²) in [6.07, 6.45) is 3.67. The van der Waals surface area contributed by atoms with E-state index in [0.717, 1.165) is 44.5 Å². The molecule has 0 saturated heterocycles. The number of benzene rings is 2. The van der Waals surface area contributed by atoms with Crippen molar-refractivity contribution in [2.45, 2.75) is 33.2 Å². The van der Waals surface area contributed by atoms with E-state index in [1.807, 2.05) is 44.2 Å². The van der Waals surface area contributed by atoms with Gasteiger partial charge in [0.25, 0.3) is 0 Å². The second kappa shape index (κ2) is 7.31. The van der Waals surface area contributed by atoms with Crippen molar-refractivity contribution in [2.24, 2.45) is 0 Å². The number of carbonyl (C=O) groups excluding carboxylic acids is 1. The highest BCUT2D eigenvalue weighted by atomic mass is 32.2. The summed E-state index contributed by atoms with van der Waals surface area (Å²) in [7, 11) is -3.23. The van der Waals surface area contributed by atoms with Crippen molar-refractivity contribution in [1.82, 2.24) is 4.31 Å². The Morgan fingerprint density at radius 2 is 2.00 bits per heavy atom. The molecule has 0 unspecified atom stereocenters. The standard InChI is InChI=1S/C22H24N2O4S/c1-14-7-8-19-17(13-28-22(19)15(14)2)11-21(25)23-20-6-4-5-16-12-24(29(3,26)27)10-9-18(16)20/h4-8,13H,9-12H2,1-3H3,(H,23,25). The quantitative estimate of drug-likeness (QED) is 0.711. The minimum absolute atomic E-state index is 0.120. The maximum atomic E-state index is 12.7. The lowest BCUT2D eigenvalue weighted by molar-refractivity contribution is -0.115. The first-order valence-corrected chi connectivity index (χ1v) is 11.4. The number of hydrogen-bond acceptors (Lipinski definition) is 4. The van der Waals surface area contributed by atoms with Gasteiger partial charge in [-0.05, 0) is 48.6 Å². The minimum Gasteiger partial charge on any atom is -0.464 e. The third kappa shape index (κ3) is 3.80. The molecule has 0 saturated carbocycles. The van der Waals surface area contributed by atoms with Gasteiger partial charge < -0.3 is 9.73 Å². The first kappa shape index (κ1) is 19.7. The number of nitrogens with one attached hydrogen (secondary N) is 1. The number of furan rings is 1. The molecular weight excluding hydrogens is 388 g/mol. The Kier molecular flexibility index (Phi) is 4.96. The maximum absolute atomic E-state index is 12.7. The molecule has 2 heterocycles.